The van der Waals surface area contributed by atoms with Crippen molar-refractivity contribution in [3.8, 4) is 0 Å². The van der Waals surface area contributed by atoms with Crippen LogP contribution in [0.3, 0.4) is 0 Å². The van der Waals surface area contributed by atoms with E-state index in [1.807, 2.05) is 0 Å². The lowest BCUT2D eigenvalue weighted by atomic mass is 9.81. The summed E-state index contributed by atoms with van der Waals surface area (Å²) in [5.41, 5.74) is -1.29. The number of hydrogen-bond donors (Lipinski definition) is 2. The van der Waals surface area contributed by atoms with Gasteiger partial charge in [0.25, 0.3) is 10.1 Å². The van der Waals surface area contributed by atoms with Gasteiger partial charge < -0.3 is 10.2 Å². The van der Waals surface area contributed by atoms with Crippen LogP contribution in [0.1, 0.15) is 24.2 Å². The Labute approximate surface area is 127 Å². The second-order valence-corrected chi connectivity index (χ2v) is 6.75. The number of fused-ring (bicyclic) bond motifs is 1. The van der Waals surface area contributed by atoms with Gasteiger partial charge in [0.15, 0.2) is 5.54 Å². The number of carboxylic acids is 1. The second-order valence-electron chi connectivity index (χ2n) is 5.15. The first-order chi connectivity index (χ1) is 10.1. The van der Waals surface area contributed by atoms with E-state index in [-0.39, 0.29) is 5.56 Å². The summed E-state index contributed by atoms with van der Waals surface area (Å²) < 4.78 is 27.7. The molecule has 9 heteroatoms. The van der Waals surface area contributed by atoms with E-state index in [0.29, 0.717) is 10.5 Å². The lowest BCUT2D eigenvalue weighted by molar-refractivity contribution is -0.151. The standard InChI is InChI=1S/C13H15NO7S/c1-13(11(15)16)9-6-4-3-5-8(9)10(21-22(2,19)20)7-14(13)12(17)18/h3-6,10H,7H2,1-2H3,(H,15,16)(H,17,18). The molecule has 1 aliphatic heterocycles. The SMILES string of the molecule is CC1(C(=O)O)c2ccccc2C(OS(C)(=O)=O)CN1C(=O)O. The topological polar surface area (TPSA) is 121 Å². The molecule has 2 unspecified atom stereocenters. The number of aliphatic carboxylic acids is 1. The minimum absolute atomic E-state index is 0.185. The van der Waals surface area contributed by atoms with Crippen LogP contribution in [0, 0.1) is 0 Å². The molecule has 0 spiro atoms. The average molecular weight is 329 g/mol. The van der Waals surface area contributed by atoms with E-state index in [2.05, 4.69) is 0 Å². The smallest absolute Gasteiger partial charge is 0.408 e. The Morgan fingerprint density at radius 1 is 1.32 bits per heavy atom. The highest BCUT2D eigenvalue weighted by molar-refractivity contribution is 7.86. The number of hydrogen-bond acceptors (Lipinski definition) is 5. The van der Waals surface area contributed by atoms with Crippen LogP contribution in [0.15, 0.2) is 24.3 Å². The van der Waals surface area contributed by atoms with E-state index in [0.717, 1.165) is 6.26 Å². The van der Waals surface area contributed by atoms with Crippen molar-refractivity contribution in [2.45, 2.75) is 18.6 Å². The first-order valence-corrected chi connectivity index (χ1v) is 8.10. The summed E-state index contributed by atoms with van der Waals surface area (Å²) >= 11 is 0. The molecule has 2 N–H and O–H groups in total. The zero-order valence-corrected chi connectivity index (χ0v) is 12.7. The van der Waals surface area contributed by atoms with Gasteiger partial charge in [0.2, 0.25) is 0 Å². The molecule has 0 saturated heterocycles. The predicted molar refractivity (Wildman–Crippen MR) is 74.8 cm³/mol. The van der Waals surface area contributed by atoms with Crippen LogP contribution in [-0.2, 0) is 24.6 Å². The van der Waals surface area contributed by atoms with Crippen LogP contribution < -0.4 is 0 Å². The van der Waals surface area contributed by atoms with Crippen molar-refractivity contribution in [3.05, 3.63) is 35.4 Å². The molecule has 1 amide bonds. The van der Waals surface area contributed by atoms with Crippen LogP contribution in [0.25, 0.3) is 0 Å². The first kappa shape index (κ1) is 16.2. The Bertz CT molecular complexity index is 730. The monoisotopic (exact) mass is 329 g/mol. The highest BCUT2D eigenvalue weighted by Gasteiger charge is 2.51. The Kier molecular flexibility index (Phi) is 3.88. The normalized spacial score (nSPS) is 24.6. The molecule has 22 heavy (non-hydrogen) atoms. The van der Waals surface area contributed by atoms with E-state index in [4.69, 9.17) is 4.18 Å². The fraction of sp³-hybridized carbons (Fsp3) is 0.385. The van der Waals surface area contributed by atoms with Crippen molar-refractivity contribution in [1.29, 1.82) is 0 Å². The Balaban J connectivity index is 2.66. The van der Waals surface area contributed by atoms with Gasteiger partial charge in [-0.1, -0.05) is 24.3 Å². The molecule has 120 valence electrons. The zero-order chi connectivity index (χ0) is 16.7. The number of amides is 1. The minimum atomic E-state index is -3.84. The molecule has 2 rings (SSSR count). The summed E-state index contributed by atoms with van der Waals surface area (Å²) in [4.78, 5) is 23.8. The molecule has 0 bridgehead atoms. The van der Waals surface area contributed by atoms with Crippen LogP contribution in [0.5, 0.6) is 0 Å². The van der Waals surface area contributed by atoms with Gasteiger partial charge in [-0.05, 0) is 18.1 Å². The highest BCUT2D eigenvalue weighted by atomic mass is 32.2. The summed E-state index contributed by atoms with van der Waals surface area (Å²) in [6.07, 6.45) is -1.71. The lowest BCUT2D eigenvalue weighted by Gasteiger charge is -2.43. The third-order valence-corrected chi connectivity index (χ3v) is 4.24. The summed E-state index contributed by atoms with van der Waals surface area (Å²) in [7, 11) is -3.84. The number of carboxylic acid groups (broad SMARTS) is 2. The second kappa shape index (κ2) is 5.25. The van der Waals surface area contributed by atoms with Crippen LogP contribution in [-0.4, -0.2) is 48.4 Å². The van der Waals surface area contributed by atoms with Crippen molar-refractivity contribution < 1.29 is 32.4 Å². The first-order valence-electron chi connectivity index (χ1n) is 6.29. The number of nitrogens with zero attached hydrogens (tertiary/aromatic N) is 1. The molecule has 1 aliphatic rings. The van der Waals surface area contributed by atoms with Crippen LogP contribution in [0.4, 0.5) is 4.79 Å². The number of carbonyl (C=O) groups is 2. The molecule has 1 aromatic rings. The van der Waals surface area contributed by atoms with Crippen molar-refractivity contribution in [3.63, 3.8) is 0 Å². The molecule has 8 nitrogen and oxygen atoms in total. The zero-order valence-electron chi connectivity index (χ0n) is 11.9. The number of benzene rings is 1. The summed E-state index contributed by atoms with van der Waals surface area (Å²) in [5.74, 6) is -1.35. The summed E-state index contributed by atoms with van der Waals surface area (Å²) in [6.45, 7) is 0.862. The van der Waals surface area contributed by atoms with Gasteiger partial charge in [-0.2, -0.15) is 8.42 Å². The maximum Gasteiger partial charge on any atom is 0.408 e. The highest BCUT2D eigenvalue weighted by Crippen LogP contribution is 2.41. The average Bonchev–Trinajstić information content (AvgIpc) is 2.40. The summed E-state index contributed by atoms with van der Waals surface area (Å²) in [5, 5.41) is 18.8. The minimum Gasteiger partial charge on any atom is -0.479 e. The van der Waals surface area contributed by atoms with Crippen LogP contribution >= 0.6 is 0 Å². The Morgan fingerprint density at radius 3 is 2.41 bits per heavy atom. The quantitative estimate of drug-likeness (QED) is 0.793. The molecule has 0 aromatic heterocycles. The van der Waals surface area contributed by atoms with E-state index < -0.39 is 40.4 Å². The molecule has 0 radical (unpaired) electrons. The van der Waals surface area contributed by atoms with Crippen molar-refractivity contribution >= 4 is 22.2 Å². The van der Waals surface area contributed by atoms with E-state index in [1.54, 1.807) is 12.1 Å². The van der Waals surface area contributed by atoms with Gasteiger partial charge in [-0.3, -0.25) is 9.08 Å². The third-order valence-electron chi connectivity index (χ3n) is 3.66. The van der Waals surface area contributed by atoms with Crippen molar-refractivity contribution in [1.82, 2.24) is 4.90 Å². The van der Waals surface area contributed by atoms with Gasteiger partial charge in [0.1, 0.15) is 6.10 Å². The van der Waals surface area contributed by atoms with Crippen LogP contribution in [0.2, 0.25) is 0 Å². The van der Waals surface area contributed by atoms with Gasteiger partial charge in [-0.15, -0.1) is 0 Å². The van der Waals surface area contributed by atoms with Gasteiger partial charge in [0, 0.05) is 0 Å². The van der Waals surface area contributed by atoms with Crippen molar-refractivity contribution in [2.24, 2.45) is 0 Å². The van der Waals surface area contributed by atoms with Crippen molar-refractivity contribution in [2.75, 3.05) is 12.8 Å². The summed E-state index contributed by atoms with van der Waals surface area (Å²) in [6, 6.07) is 6.15. The Hall–Kier alpha value is -2.13. The molecular formula is C13H15NO7S. The third kappa shape index (κ3) is 2.64. The largest absolute Gasteiger partial charge is 0.479 e. The molecule has 1 aromatic carbocycles. The predicted octanol–water partition coefficient (Wildman–Crippen LogP) is 0.997. The maximum atomic E-state index is 11.7. The van der Waals surface area contributed by atoms with Gasteiger partial charge in [-0.25, -0.2) is 9.59 Å². The molecule has 1 heterocycles. The molecular weight excluding hydrogens is 314 g/mol. The molecule has 0 fully saturated rings. The molecule has 0 aliphatic carbocycles. The van der Waals surface area contributed by atoms with E-state index in [9.17, 15) is 28.2 Å². The fourth-order valence-electron chi connectivity index (χ4n) is 2.61. The molecule has 0 saturated carbocycles. The number of rotatable bonds is 3. The van der Waals surface area contributed by atoms with E-state index >= 15 is 0 Å². The van der Waals surface area contributed by atoms with E-state index in [1.165, 1.54) is 19.1 Å². The molecule has 2 atom stereocenters. The Morgan fingerprint density at radius 2 is 1.91 bits per heavy atom. The lowest BCUT2D eigenvalue weighted by Crippen LogP contribution is -2.57. The van der Waals surface area contributed by atoms with Gasteiger partial charge in [0.05, 0.1) is 12.8 Å². The maximum absolute atomic E-state index is 11.7. The fourth-order valence-corrected chi connectivity index (χ4v) is 3.19. The van der Waals surface area contributed by atoms with Gasteiger partial charge >= 0.3 is 12.1 Å².